The van der Waals surface area contributed by atoms with Crippen LogP contribution >= 0.6 is 22.9 Å². The molecule has 2 N–H and O–H groups in total. The van der Waals surface area contributed by atoms with Crippen LogP contribution in [0.5, 0.6) is 0 Å². The number of benzene rings is 1. The Labute approximate surface area is 126 Å². The Morgan fingerprint density at radius 1 is 1.35 bits per heavy atom. The number of carbonyl (C=O) groups excluding carboxylic acids is 1. The van der Waals surface area contributed by atoms with Crippen molar-refractivity contribution in [3.63, 3.8) is 0 Å². The van der Waals surface area contributed by atoms with E-state index in [2.05, 4.69) is 17.2 Å². The molecule has 0 spiro atoms. The van der Waals surface area contributed by atoms with E-state index in [1.807, 2.05) is 0 Å². The first-order chi connectivity index (χ1) is 9.69. The number of thiophene rings is 1. The monoisotopic (exact) mass is 305 g/mol. The molecule has 1 amide bonds. The lowest BCUT2D eigenvalue weighted by molar-refractivity contribution is 0.102. The minimum Gasteiger partial charge on any atom is -0.395 e. The van der Waals surface area contributed by atoms with Gasteiger partial charge in [0.1, 0.15) is 0 Å². The molecule has 5 heteroatoms. The molecule has 1 aromatic carbocycles. The number of anilines is 1. The van der Waals surface area contributed by atoms with E-state index in [0.717, 1.165) is 4.88 Å². The summed E-state index contributed by atoms with van der Waals surface area (Å²) in [6.45, 7) is 0.0439. The molecule has 0 aliphatic rings. The van der Waals surface area contributed by atoms with Crippen molar-refractivity contribution in [3.05, 3.63) is 51.2 Å². The molecule has 20 heavy (non-hydrogen) atoms. The van der Waals surface area contributed by atoms with E-state index in [1.54, 1.807) is 35.7 Å². The van der Waals surface area contributed by atoms with Crippen LogP contribution in [0.1, 0.15) is 21.7 Å². The summed E-state index contributed by atoms with van der Waals surface area (Å²) in [6.07, 6.45) is 0.435. The summed E-state index contributed by atoms with van der Waals surface area (Å²) >= 11 is 7.19. The van der Waals surface area contributed by atoms with E-state index < -0.39 is 0 Å². The van der Waals surface area contributed by atoms with Gasteiger partial charge in [-0.05, 0) is 30.3 Å². The summed E-state index contributed by atoms with van der Waals surface area (Å²) in [4.78, 5) is 12.8. The second kappa shape index (κ2) is 7.11. The Kier molecular flexibility index (Phi) is 5.19. The quantitative estimate of drug-likeness (QED) is 0.854. The number of amides is 1. The number of nitrogens with one attached hydrogen (secondary N) is 1. The Morgan fingerprint density at radius 3 is 2.80 bits per heavy atom. The number of halogens is 1. The van der Waals surface area contributed by atoms with Gasteiger partial charge in [-0.15, -0.1) is 11.3 Å². The number of rotatable bonds is 3. The SMILES string of the molecule is O=C(Nc1ccc(Cl)cc1)c1csc(C#CCCO)c1. The Hall–Kier alpha value is -1.80. The van der Waals surface area contributed by atoms with Crippen LogP contribution in [0.2, 0.25) is 5.02 Å². The van der Waals surface area contributed by atoms with E-state index in [4.69, 9.17) is 16.7 Å². The molecule has 0 aliphatic carbocycles. The first-order valence-electron chi connectivity index (χ1n) is 5.94. The smallest absolute Gasteiger partial charge is 0.256 e. The number of aliphatic hydroxyl groups excluding tert-OH is 1. The highest BCUT2D eigenvalue weighted by atomic mass is 35.5. The van der Waals surface area contributed by atoms with Gasteiger partial charge in [0.15, 0.2) is 0 Å². The number of hydrogen-bond donors (Lipinski definition) is 2. The Balaban J connectivity index is 2.03. The average molecular weight is 306 g/mol. The minimum atomic E-state index is -0.182. The highest BCUT2D eigenvalue weighted by Gasteiger charge is 2.08. The summed E-state index contributed by atoms with van der Waals surface area (Å²) in [6, 6.07) is 8.66. The molecule has 0 bridgehead atoms. The molecule has 0 saturated heterocycles. The number of aliphatic hydroxyl groups is 1. The molecule has 102 valence electrons. The van der Waals surface area contributed by atoms with Crippen LogP contribution in [-0.2, 0) is 0 Å². The predicted molar refractivity (Wildman–Crippen MR) is 82.3 cm³/mol. The van der Waals surface area contributed by atoms with Crippen LogP contribution in [-0.4, -0.2) is 17.6 Å². The van der Waals surface area contributed by atoms with E-state index in [0.29, 0.717) is 22.7 Å². The first-order valence-corrected chi connectivity index (χ1v) is 7.20. The van der Waals surface area contributed by atoms with Gasteiger partial charge in [-0.1, -0.05) is 23.4 Å². The zero-order chi connectivity index (χ0) is 14.4. The summed E-state index contributed by atoms with van der Waals surface area (Å²) in [5.74, 6) is 5.55. The van der Waals surface area contributed by atoms with Gasteiger partial charge in [0.2, 0.25) is 0 Å². The topological polar surface area (TPSA) is 49.3 Å². The van der Waals surface area contributed by atoms with E-state index >= 15 is 0 Å². The maximum atomic E-state index is 12.0. The second-order valence-electron chi connectivity index (χ2n) is 3.94. The van der Waals surface area contributed by atoms with Gasteiger partial charge in [0.25, 0.3) is 5.91 Å². The summed E-state index contributed by atoms with van der Waals surface area (Å²) < 4.78 is 0. The summed E-state index contributed by atoms with van der Waals surface area (Å²) in [7, 11) is 0. The van der Waals surface area contributed by atoms with Crippen LogP contribution < -0.4 is 5.32 Å². The lowest BCUT2D eigenvalue weighted by atomic mass is 10.2. The van der Waals surface area contributed by atoms with Crippen molar-refractivity contribution in [2.45, 2.75) is 6.42 Å². The van der Waals surface area contributed by atoms with Gasteiger partial charge in [-0.3, -0.25) is 4.79 Å². The third-order valence-corrected chi connectivity index (χ3v) is 3.51. The zero-order valence-electron chi connectivity index (χ0n) is 10.5. The molecule has 0 fully saturated rings. The van der Waals surface area contributed by atoms with Crippen molar-refractivity contribution >= 4 is 34.5 Å². The normalized spacial score (nSPS) is 9.70. The van der Waals surface area contributed by atoms with Crippen molar-refractivity contribution in [1.29, 1.82) is 0 Å². The molecule has 0 atom stereocenters. The minimum absolute atomic E-state index is 0.0439. The molecule has 1 heterocycles. The van der Waals surface area contributed by atoms with Crippen molar-refractivity contribution in [2.24, 2.45) is 0 Å². The molecule has 0 unspecified atom stereocenters. The Morgan fingerprint density at radius 2 is 2.10 bits per heavy atom. The van der Waals surface area contributed by atoms with Crippen molar-refractivity contribution in [1.82, 2.24) is 0 Å². The third kappa shape index (κ3) is 4.10. The Bertz CT molecular complexity index is 653. The van der Waals surface area contributed by atoms with Gasteiger partial charge in [0.05, 0.1) is 17.0 Å². The largest absolute Gasteiger partial charge is 0.395 e. The van der Waals surface area contributed by atoms with Crippen LogP contribution in [0.3, 0.4) is 0 Å². The zero-order valence-corrected chi connectivity index (χ0v) is 12.1. The van der Waals surface area contributed by atoms with Gasteiger partial charge < -0.3 is 10.4 Å². The predicted octanol–water partition coefficient (Wildman–Crippen LogP) is 3.39. The second-order valence-corrected chi connectivity index (χ2v) is 5.28. The van der Waals surface area contributed by atoms with Gasteiger partial charge in [-0.2, -0.15) is 0 Å². The fourth-order valence-corrected chi connectivity index (χ4v) is 2.34. The fraction of sp³-hybridized carbons (Fsp3) is 0.133. The standard InChI is InChI=1S/C15H12ClNO2S/c16-12-4-6-13(7-5-12)17-15(19)11-9-14(20-10-11)3-1-2-8-18/h4-7,9-10,18H,2,8H2,(H,17,19). The van der Waals surface area contributed by atoms with Crippen LogP contribution in [0.25, 0.3) is 0 Å². The third-order valence-electron chi connectivity index (χ3n) is 2.41. The molecular formula is C15H12ClNO2S. The van der Waals surface area contributed by atoms with E-state index in [9.17, 15) is 4.79 Å². The highest BCUT2D eigenvalue weighted by molar-refractivity contribution is 7.10. The molecular weight excluding hydrogens is 294 g/mol. The average Bonchev–Trinajstić information content (AvgIpc) is 2.91. The maximum Gasteiger partial charge on any atom is 0.256 e. The molecule has 0 radical (unpaired) electrons. The summed E-state index contributed by atoms with van der Waals surface area (Å²) in [5, 5.41) is 13.8. The molecule has 0 saturated carbocycles. The van der Waals surface area contributed by atoms with Crippen molar-refractivity contribution in [2.75, 3.05) is 11.9 Å². The molecule has 1 aromatic heterocycles. The highest BCUT2D eigenvalue weighted by Crippen LogP contribution is 2.17. The summed E-state index contributed by atoms with van der Waals surface area (Å²) in [5.41, 5.74) is 1.26. The molecule has 2 aromatic rings. The number of hydrogen-bond acceptors (Lipinski definition) is 3. The van der Waals surface area contributed by atoms with Crippen LogP contribution in [0.4, 0.5) is 5.69 Å². The van der Waals surface area contributed by atoms with Crippen molar-refractivity contribution in [3.8, 4) is 11.8 Å². The van der Waals surface area contributed by atoms with E-state index in [-0.39, 0.29) is 12.5 Å². The van der Waals surface area contributed by atoms with Gasteiger partial charge >= 0.3 is 0 Å². The molecule has 2 rings (SSSR count). The maximum absolute atomic E-state index is 12.0. The van der Waals surface area contributed by atoms with E-state index in [1.165, 1.54) is 11.3 Å². The fourth-order valence-electron chi connectivity index (χ4n) is 1.46. The first kappa shape index (κ1) is 14.6. The lowest BCUT2D eigenvalue weighted by Crippen LogP contribution is -2.10. The number of carbonyl (C=O) groups is 1. The van der Waals surface area contributed by atoms with Crippen LogP contribution in [0, 0.1) is 11.8 Å². The molecule has 3 nitrogen and oxygen atoms in total. The van der Waals surface area contributed by atoms with Gasteiger partial charge in [0, 0.05) is 22.5 Å². The van der Waals surface area contributed by atoms with Gasteiger partial charge in [-0.25, -0.2) is 0 Å². The lowest BCUT2D eigenvalue weighted by Gasteiger charge is -2.03. The molecule has 0 aliphatic heterocycles. The van der Waals surface area contributed by atoms with Crippen LogP contribution in [0.15, 0.2) is 35.7 Å². The van der Waals surface area contributed by atoms with Crippen molar-refractivity contribution < 1.29 is 9.90 Å².